The molecule has 2 aromatic rings. The van der Waals surface area contributed by atoms with Crippen molar-refractivity contribution in [2.75, 3.05) is 0 Å². The van der Waals surface area contributed by atoms with E-state index in [4.69, 9.17) is 9.52 Å². The van der Waals surface area contributed by atoms with Crippen LogP contribution in [-0.4, -0.2) is 16.1 Å². The molecule has 0 radical (unpaired) electrons. The zero-order valence-electron chi connectivity index (χ0n) is 9.11. The van der Waals surface area contributed by atoms with Crippen molar-refractivity contribution in [2.24, 2.45) is 0 Å². The van der Waals surface area contributed by atoms with Crippen molar-refractivity contribution in [1.29, 1.82) is 0 Å². The van der Waals surface area contributed by atoms with Gasteiger partial charge in [0.05, 0.1) is 12.1 Å². The Morgan fingerprint density at radius 1 is 1.41 bits per heavy atom. The van der Waals surface area contributed by atoms with Crippen molar-refractivity contribution in [3.05, 3.63) is 40.2 Å². The topological polar surface area (TPSA) is 63.3 Å². The Bertz CT molecular complexity index is 545. The Hall–Kier alpha value is -1.62. The fourth-order valence-corrected chi connectivity index (χ4v) is 1.72. The maximum Gasteiger partial charge on any atom is 0.309 e. The summed E-state index contributed by atoms with van der Waals surface area (Å²) in [4.78, 5) is 14.8. The molecule has 4 nitrogen and oxygen atoms in total. The Morgan fingerprint density at radius 3 is 2.65 bits per heavy atom. The van der Waals surface area contributed by atoms with E-state index in [0.29, 0.717) is 17.3 Å². The van der Waals surface area contributed by atoms with E-state index in [2.05, 4.69) is 20.9 Å². The number of aromatic nitrogens is 1. The van der Waals surface area contributed by atoms with Gasteiger partial charge in [-0.2, -0.15) is 0 Å². The number of hydrogen-bond donors (Lipinski definition) is 1. The van der Waals surface area contributed by atoms with Gasteiger partial charge >= 0.3 is 5.97 Å². The lowest BCUT2D eigenvalue weighted by molar-refractivity contribution is -0.136. The predicted octanol–water partition coefficient (Wildman–Crippen LogP) is 3.04. The smallest absolute Gasteiger partial charge is 0.309 e. The molecular weight excluding hydrogens is 286 g/mol. The molecular formula is C12H10BrNO3. The largest absolute Gasteiger partial charge is 0.481 e. The SMILES string of the molecule is Cc1oc(-c2ccc(Br)cc2)nc1CC(=O)O. The van der Waals surface area contributed by atoms with Crippen LogP contribution < -0.4 is 0 Å². The van der Waals surface area contributed by atoms with Gasteiger partial charge in [-0.1, -0.05) is 15.9 Å². The second-order valence-electron chi connectivity index (χ2n) is 3.60. The molecule has 0 spiro atoms. The average molecular weight is 296 g/mol. The van der Waals surface area contributed by atoms with Crippen molar-refractivity contribution in [3.8, 4) is 11.5 Å². The summed E-state index contributed by atoms with van der Waals surface area (Å²) in [5, 5.41) is 8.72. The molecule has 17 heavy (non-hydrogen) atoms. The molecule has 0 amide bonds. The number of benzene rings is 1. The Kier molecular flexibility index (Phi) is 3.28. The van der Waals surface area contributed by atoms with Crippen LogP contribution in [0.3, 0.4) is 0 Å². The molecule has 0 aliphatic rings. The number of nitrogens with zero attached hydrogens (tertiary/aromatic N) is 1. The third kappa shape index (κ3) is 2.74. The summed E-state index contributed by atoms with van der Waals surface area (Å²) in [7, 11) is 0. The van der Waals surface area contributed by atoms with E-state index in [0.717, 1.165) is 10.0 Å². The fourth-order valence-electron chi connectivity index (χ4n) is 1.45. The van der Waals surface area contributed by atoms with E-state index in [-0.39, 0.29) is 6.42 Å². The second kappa shape index (κ2) is 4.71. The lowest BCUT2D eigenvalue weighted by atomic mass is 10.2. The van der Waals surface area contributed by atoms with E-state index < -0.39 is 5.97 Å². The molecule has 0 bridgehead atoms. The van der Waals surface area contributed by atoms with E-state index in [1.54, 1.807) is 6.92 Å². The van der Waals surface area contributed by atoms with Crippen molar-refractivity contribution >= 4 is 21.9 Å². The minimum Gasteiger partial charge on any atom is -0.481 e. The van der Waals surface area contributed by atoms with Crippen molar-refractivity contribution < 1.29 is 14.3 Å². The molecule has 0 unspecified atom stereocenters. The highest BCUT2D eigenvalue weighted by Crippen LogP contribution is 2.23. The quantitative estimate of drug-likeness (QED) is 0.945. The minimum absolute atomic E-state index is 0.119. The van der Waals surface area contributed by atoms with Gasteiger partial charge in [0.15, 0.2) is 0 Å². The van der Waals surface area contributed by atoms with Gasteiger partial charge in [-0.3, -0.25) is 4.79 Å². The Balaban J connectivity index is 2.34. The van der Waals surface area contributed by atoms with Gasteiger partial charge in [-0.25, -0.2) is 4.98 Å². The van der Waals surface area contributed by atoms with Crippen LogP contribution in [0, 0.1) is 6.92 Å². The van der Waals surface area contributed by atoms with Crippen molar-refractivity contribution in [1.82, 2.24) is 4.98 Å². The number of oxazole rings is 1. The average Bonchev–Trinajstić information content (AvgIpc) is 2.60. The first-order chi connectivity index (χ1) is 8.06. The molecule has 0 saturated carbocycles. The molecule has 0 aliphatic heterocycles. The molecule has 1 heterocycles. The van der Waals surface area contributed by atoms with E-state index in [9.17, 15) is 4.79 Å². The number of aryl methyl sites for hydroxylation is 1. The minimum atomic E-state index is -0.913. The summed E-state index contributed by atoms with van der Waals surface area (Å²) in [5.74, 6) is 0.0836. The summed E-state index contributed by atoms with van der Waals surface area (Å²) >= 11 is 3.34. The van der Waals surface area contributed by atoms with Crippen LogP contribution in [0.15, 0.2) is 33.2 Å². The van der Waals surface area contributed by atoms with Gasteiger partial charge in [-0.15, -0.1) is 0 Å². The van der Waals surface area contributed by atoms with Crippen LogP contribution in [-0.2, 0) is 11.2 Å². The number of hydrogen-bond acceptors (Lipinski definition) is 3. The first-order valence-corrected chi connectivity index (χ1v) is 5.79. The number of rotatable bonds is 3. The molecule has 0 aliphatic carbocycles. The van der Waals surface area contributed by atoms with Crippen LogP contribution in [0.4, 0.5) is 0 Å². The van der Waals surface area contributed by atoms with Gasteiger partial charge in [0.25, 0.3) is 0 Å². The van der Waals surface area contributed by atoms with Crippen LogP contribution in [0.2, 0.25) is 0 Å². The second-order valence-corrected chi connectivity index (χ2v) is 4.51. The highest BCUT2D eigenvalue weighted by molar-refractivity contribution is 9.10. The van der Waals surface area contributed by atoms with Gasteiger partial charge in [0, 0.05) is 10.0 Å². The first-order valence-electron chi connectivity index (χ1n) is 5.00. The van der Waals surface area contributed by atoms with Crippen LogP contribution in [0.25, 0.3) is 11.5 Å². The van der Waals surface area contributed by atoms with Gasteiger partial charge in [0.2, 0.25) is 5.89 Å². The van der Waals surface area contributed by atoms with E-state index in [1.807, 2.05) is 24.3 Å². The maximum atomic E-state index is 10.6. The molecule has 0 fully saturated rings. The van der Waals surface area contributed by atoms with Gasteiger partial charge in [-0.05, 0) is 31.2 Å². The third-order valence-corrected chi connectivity index (χ3v) is 2.83. The zero-order valence-corrected chi connectivity index (χ0v) is 10.7. The lowest BCUT2D eigenvalue weighted by Crippen LogP contribution is -2.01. The fraction of sp³-hybridized carbons (Fsp3) is 0.167. The number of halogens is 1. The normalized spacial score (nSPS) is 10.5. The summed E-state index contributed by atoms with van der Waals surface area (Å²) in [6.45, 7) is 1.72. The molecule has 1 aromatic heterocycles. The monoisotopic (exact) mass is 295 g/mol. The Morgan fingerprint density at radius 2 is 2.06 bits per heavy atom. The zero-order chi connectivity index (χ0) is 12.4. The summed E-state index contributed by atoms with van der Waals surface area (Å²) in [6, 6.07) is 7.48. The number of carboxylic acids is 1. The van der Waals surface area contributed by atoms with E-state index in [1.165, 1.54) is 0 Å². The van der Waals surface area contributed by atoms with E-state index >= 15 is 0 Å². The number of carbonyl (C=O) groups is 1. The summed E-state index contributed by atoms with van der Waals surface area (Å²) < 4.78 is 6.42. The summed E-state index contributed by atoms with van der Waals surface area (Å²) in [6.07, 6.45) is -0.119. The predicted molar refractivity (Wildman–Crippen MR) is 65.7 cm³/mol. The lowest BCUT2D eigenvalue weighted by Gasteiger charge is -1.94. The molecule has 0 atom stereocenters. The van der Waals surface area contributed by atoms with Crippen LogP contribution in [0.1, 0.15) is 11.5 Å². The van der Waals surface area contributed by atoms with Gasteiger partial charge < -0.3 is 9.52 Å². The van der Waals surface area contributed by atoms with Crippen LogP contribution >= 0.6 is 15.9 Å². The summed E-state index contributed by atoms with van der Waals surface area (Å²) in [5.41, 5.74) is 1.29. The molecule has 5 heteroatoms. The van der Waals surface area contributed by atoms with Crippen molar-refractivity contribution in [3.63, 3.8) is 0 Å². The highest BCUT2D eigenvalue weighted by atomic mass is 79.9. The number of aliphatic carboxylic acids is 1. The molecule has 1 aromatic carbocycles. The molecule has 2 rings (SSSR count). The Labute approximate surface area is 106 Å². The number of carboxylic acid groups (broad SMARTS) is 1. The third-order valence-electron chi connectivity index (χ3n) is 2.30. The molecule has 1 N–H and O–H groups in total. The highest BCUT2D eigenvalue weighted by Gasteiger charge is 2.13. The maximum absolute atomic E-state index is 10.6. The molecule has 88 valence electrons. The van der Waals surface area contributed by atoms with Gasteiger partial charge in [0.1, 0.15) is 5.76 Å². The van der Waals surface area contributed by atoms with Crippen molar-refractivity contribution in [2.45, 2.75) is 13.3 Å². The molecule has 0 saturated heterocycles. The standard InChI is InChI=1S/C12H10BrNO3/c1-7-10(6-11(15)16)14-12(17-7)8-2-4-9(13)5-3-8/h2-5H,6H2,1H3,(H,15,16). The van der Waals surface area contributed by atoms with Crippen LogP contribution in [0.5, 0.6) is 0 Å². The first kappa shape index (κ1) is 11.9.